The summed E-state index contributed by atoms with van der Waals surface area (Å²) in [7, 11) is 0. The Morgan fingerprint density at radius 3 is 1.75 bits per heavy atom. The van der Waals surface area contributed by atoms with Crippen LogP contribution >= 0.6 is 0 Å². The van der Waals surface area contributed by atoms with Crippen LogP contribution in [-0.2, 0) is 0 Å². The van der Waals surface area contributed by atoms with Gasteiger partial charge in [0.05, 0.1) is 11.1 Å². The standard InChI is InChI=1S/C8H5NO2.Se/c10-7-5-3-1-2-4-6(5)8(11)9-7;/h1-4H,(H,9,10,11);. The zero-order valence-corrected chi connectivity index (χ0v) is 7.75. The van der Waals surface area contributed by atoms with Crippen LogP contribution in [0.5, 0.6) is 0 Å². The number of benzene rings is 1. The summed E-state index contributed by atoms with van der Waals surface area (Å²) < 4.78 is 0. The maximum absolute atomic E-state index is 10.9. The second kappa shape index (κ2) is 3.09. The van der Waals surface area contributed by atoms with Crippen molar-refractivity contribution in [2.24, 2.45) is 0 Å². The predicted molar refractivity (Wildman–Crippen MR) is 44.0 cm³/mol. The van der Waals surface area contributed by atoms with Gasteiger partial charge in [-0.2, -0.15) is 0 Å². The summed E-state index contributed by atoms with van der Waals surface area (Å²) in [4.78, 5) is 21.9. The van der Waals surface area contributed by atoms with E-state index in [-0.39, 0.29) is 28.9 Å². The predicted octanol–water partition coefficient (Wildman–Crippen LogP) is 0.189. The number of rotatable bonds is 0. The summed E-state index contributed by atoms with van der Waals surface area (Å²) in [5, 5.41) is 2.20. The first kappa shape index (κ1) is 8.97. The van der Waals surface area contributed by atoms with E-state index in [0.29, 0.717) is 11.1 Å². The summed E-state index contributed by atoms with van der Waals surface area (Å²) in [6.45, 7) is 0. The monoisotopic (exact) mass is 227 g/mol. The molecule has 0 spiro atoms. The van der Waals surface area contributed by atoms with Crippen LogP contribution in [0, 0.1) is 0 Å². The van der Waals surface area contributed by atoms with Gasteiger partial charge in [-0.3, -0.25) is 14.9 Å². The molecule has 1 aromatic rings. The molecule has 0 aromatic heterocycles. The number of amides is 2. The van der Waals surface area contributed by atoms with Crippen molar-refractivity contribution >= 4 is 28.9 Å². The summed E-state index contributed by atoms with van der Waals surface area (Å²) in [6.07, 6.45) is 0. The molecule has 1 heterocycles. The summed E-state index contributed by atoms with van der Waals surface area (Å²) in [5.74, 6) is -0.601. The van der Waals surface area contributed by atoms with Gasteiger partial charge in [0.1, 0.15) is 0 Å². The maximum atomic E-state index is 10.9. The first-order valence-corrected chi connectivity index (χ1v) is 3.24. The Labute approximate surface area is 79.6 Å². The topological polar surface area (TPSA) is 46.2 Å². The molecule has 0 unspecified atom stereocenters. The van der Waals surface area contributed by atoms with E-state index in [4.69, 9.17) is 0 Å². The van der Waals surface area contributed by atoms with Crippen molar-refractivity contribution in [2.45, 2.75) is 0 Å². The molecule has 1 aliphatic rings. The molecule has 0 bridgehead atoms. The molecule has 2 amide bonds. The molecule has 3 nitrogen and oxygen atoms in total. The molecule has 0 fully saturated rings. The van der Waals surface area contributed by atoms with Gasteiger partial charge in [-0.25, -0.2) is 0 Å². The molecule has 1 aromatic carbocycles. The smallest absolute Gasteiger partial charge is 0.258 e. The number of carbonyl (C=O) groups excluding carboxylic acids is 2. The third kappa shape index (κ3) is 1.15. The third-order valence-electron chi connectivity index (χ3n) is 1.64. The average molecular weight is 226 g/mol. The van der Waals surface area contributed by atoms with Crippen molar-refractivity contribution in [3.8, 4) is 0 Å². The Bertz CT molecular complexity index is 316. The van der Waals surface area contributed by atoms with Gasteiger partial charge in [0.2, 0.25) is 0 Å². The number of imide groups is 1. The summed E-state index contributed by atoms with van der Waals surface area (Å²) in [5.41, 5.74) is 0.940. The van der Waals surface area contributed by atoms with E-state index in [2.05, 4.69) is 5.32 Å². The van der Waals surface area contributed by atoms with Crippen LogP contribution in [0.2, 0.25) is 0 Å². The van der Waals surface area contributed by atoms with Crippen molar-refractivity contribution in [1.82, 2.24) is 5.32 Å². The minimum Gasteiger partial charge on any atom is -0.288 e. The maximum Gasteiger partial charge on any atom is 0.258 e. The largest absolute Gasteiger partial charge is 0.288 e. The van der Waals surface area contributed by atoms with E-state index in [1.165, 1.54) is 0 Å². The molecule has 0 aliphatic carbocycles. The third-order valence-corrected chi connectivity index (χ3v) is 1.64. The minimum atomic E-state index is -0.300. The van der Waals surface area contributed by atoms with Crippen LogP contribution in [-0.4, -0.2) is 28.9 Å². The summed E-state index contributed by atoms with van der Waals surface area (Å²) in [6, 6.07) is 6.74. The van der Waals surface area contributed by atoms with Crippen LogP contribution < -0.4 is 5.32 Å². The van der Waals surface area contributed by atoms with Gasteiger partial charge in [-0.15, -0.1) is 0 Å². The SMILES string of the molecule is O=C1NC(=O)c2ccccc21.[Se]. The molecule has 2 rings (SSSR count). The molecule has 2 radical (unpaired) electrons. The van der Waals surface area contributed by atoms with Gasteiger partial charge in [-0.1, -0.05) is 12.1 Å². The van der Waals surface area contributed by atoms with Crippen molar-refractivity contribution in [1.29, 1.82) is 0 Å². The summed E-state index contributed by atoms with van der Waals surface area (Å²) >= 11 is 0. The Balaban J connectivity index is 0.000000720. The molecule has 0 saturated carbocycles. The molecular formula is C8H5NO2Se. The fourth-order valence-electron chi connectivity index (χ4n) is 1.12. The average Bonchev–Trinajstić information content (AvgIpc) is 2.30. The van der Waals surface area contributed by atoms with Crippen molar-refractivity contribution < 1.29 is 9.59 Å². The normalized spacial score (nSPS) is 13.3. The number of fused-ring (bicyclic) bond motifs is 1. The van der Waals surface area contributed by atoms with Crippen LogP contribution in [0.25, 0.3) is 0 Å². The van der Waals surface area contributed by atoms with Crippen molar-refractivity contribution in [3.63, 3.8) is 0 Å². The Hall–Kier alpha value is -1.12. The molecular weight excluding hydrogens is 221 g/mol. The van der Waals surface area contributed by atoms with E-state index < -0.39 is 0 Å². The van der Waals surface area contributed by atoms with Crippen LogP contribution in [0.1, 0.15) is 20.7 Å². The number of hydrogen-bond donors (Lipinski definition) is 1. The second-order valence-corrected chi connectivity index (χ2v) is 2.33. The fourth-order valence-corrected chi connectivity index (χ4v) is 1.12. The van der Waals surface area contributed by atoms with Gasteiger partial charge in [0.25, 0.3) is 11.8 Å². The van der Waals surface area contributed by atoms with Gasteiger partial charge < -0.3 is 0 Å². The molecule has 1 aliphatic heterocycles. The molecule has 0 atom stereocenters. The number of carbonyl (C=O) groups is 2. The molecule has 60 valence electrons. The molecule has 4 heteroatoms. The first-order chi connectivity index (χ1) is 5.29. The van der Waals surface area contributed by atoms with Gasteiger partial charge in [-0.05, 0) is 12.1 Å². The van der Waals surface area contributed by atoms with Gasteiger partial charge in [0.15, 0.2) is 0 Å². The van der Waals surface area contributed by atoms with E-state index in [9.17, 15) is 9.59 Å². The number of nitrogens with one attached hydrogen (secondary N) is 1. The quantitative estimate of drug-likeness (QED) is 0.507. The Morgan fingerprint density at radius 2 is 1.33 bits per heavy atom. The first-order valence-electron chi connectivity index (χ1n) is 3.24. The zero-order chi connectivity index (χ0) is 7.84. The van der Waals surface area contributed by atoms with Crippen molar-refractivity contribution in [2.75, 3.05) is 0 Å². The van der Waals surface area contributed by atoms with Crippen LogP contribution in [0.15, 0.2) is 24.3 Å². The Morgan fingerprint density at radius 1 is 0.917 bits per heavy atom. The van der Waals surface area contributed by atoms with Gasteiger partial charge in [0, 0.05) is 17.1 Å². The van der Waals surface area contributed by atoms with E-state index >= 15 is 0 Å². The molecule has 12 heavy (non-hydrogen) atoms. The minimum absolute atomic E-state index is 0. The van der Waals surface area contributed by atoms with Crippen molar-refractivity contribution in [3.05, 3.63) is 35.4 Å². The fraction of sp³-hybridized carbons (Fsp3) is 0. The Kier molecular flexibility index (Phi) is 2.31. The zero-order valence-electron chi connectivity index (χ0n) is 6.03. The molecule has 1 N–H and O–H groups in total. The van der Waals surface area contributed by atoms with Crippen LogP contribution in [0.3, 0.4) is 0 Å². The van der Waals surface area contributed by atoms with Crippen LogP contribution in [0.4, 0.5) is 0 Å². The van der Waals surface area contributed by atoms with E-state index in [0.717, 1.165) is 0 Å². The van der Waals surface area contributed by atoms with E-state index in [1.807, 2.05) is 0 Å². The van der Waals surface area contributed by atoms with E-state index in [1.54, 1.807) is 24.3 Å². The molecule has 0 saturated heterocycles. The van der Waals surface area contributed by atoms with Gasteiger partial charge >= 0.3 is 0 Å². The number of hydrogen-bond acceptors (Lipinski definition) is 2. The second-order valence-electron chi connectivity index (χ2n) is 2.33.